The first-order chi connectivity index (χ1) is 16.1. The van der Waals surface area contributed by atoms with Gasteiger partial charge in [-0.3, -0.25) is 4.90 Å². The van der Waals surface area contributed by atoms with Crippen molar-refractivity contribution in [3.63, 3.8) is 0 Å². The van der Waals surface area contributed by atoms with E-state index in [0.717, 1.165) is 12.7 Å². The molecule has 2 aromatic heterocycles. The van der Waals surface area contributed by atoms with Crippen molar-refractivity contribution in [1.82, 2.24) is 34.4 Å². The highest BCUT2D eigenvalue weighted by Gasteiger charge is 2.48. The van der Waals surface area contributed by atoms with Crippen LogP contribution >= 0.6 is 0 Å². The summed E-state index contributed by atoms with van der Waals surface area (Å²) < 4.78 is 26.6. The molecule has 1 fully saturated rings. The number of amides is 2. The third kappa shape index (κ3) is 4.05. The topological polar surface area (TPSA) is 115 Å². The Hall–Kier alpha value is -2.99. The Morgan fingerprint density at radius 1 is 1.26 bits per heavy atom. The number of nitrogens with zero attached hydrogens (tertiary/aromatic N) is 7. The number of rotatable bonds is 5. The van der Waals surface area contributed by atoms with Crippen LogP contribution in [-0.2, 0) is 16.8 Å². The quantitative estimate of drug-likeness (QED) is 0.648. The molecule has 0 spiro atoms. The van der Waals surface area contributed by atoms with Gasteiger partial charge in [0.15, 0.2) is 17.5 Å². The molecule has 2 aliphatic rings. The van der Waals surface area contributed by atoms with Gasteiger partial charge in [-0.05, 0) is 34.7 Å². The molecule has 4 rings (SSSR count). The van der Waals surface area contributed by atoms with E-state index >= 15 is 0 Å². The van der Waals surface area contributed by atoms with Crippen molar-refractivity contribution in [2.75, 3.05) is 46.2 Å². The molecule has 0 aliphatic carbocycles. The lowest BCUT2D eigenvalue weighted by Crippen LogP contribution is -2.60. The predicted molar refractivity (Wildman–Crippen MR) is 123 cm³/mol. The molecule has 0 bridgehead atoms. The Bertz CT molecular complexity index is 1070. The van der Waals surface area contributed by atoms with Crippen molar-refractivity contribution in [2.45, 2.75) is 51.9 Å². The van der Waals surface area contributed by atoms with Gasteiger partial charge in [-0.25, -0.2) is 18.9 Å². The lowest BCUT2D eigenvalue weighted by atomic mass is 10.00. The highest BCUT2D eigenvalue weighted by molar-refractivity contribution is 5.78. The number of piperazine rings is 1. The molecule has 4 heterocycles. The number of hydrogen-bond donors (Lipinski definition) is 1. The highest BCUT2D eigenvalue weighted by atomic mass is 19.1. The number of hydrogen-bond acceptors (Lipinski definition) is 8. The van der Waals surface area contributed by atoms with Gasteiger partial charge in [0, 0.05) is 37.8 Å². The zero-order valence-corrected chi connectivity index (χ0v) is 20.6. The van der Waals surface area contributed by atoms with Gasteiger partial charge in [0.2, 0.25) is 0 Å². The molecule has 186 valence electrons. The van der Waals surface area contributed by atoms with Gasteiger partial charge in [0.1, 0.15) is 6.61 Å². The number of anilines is 1. The van der Waals surface area contributed by atoms with E-state index in [2.05, 4.69) is 33.9 Å². The minimum Gasteiger partial charge on any atom is -0.461 e. The Morgan fingerprint density at radius 3 is 2.71 bits per heavy atom. The fraction of sp³-hybridized carbons (Fsp3) is 0.636. The minimum absolute atomic E-state index is 0.000237. The van der Waals surface area contributed by atoms with E-state index in [0.29, 0.717) is 24.4 Å². The summed E-state index contributed by atoms with van der Waals surface area (Å²) in [5.41, 5.74) is 6.74. The smallest absolute Gasteiger partial charge is 0.321 e. The number of likely N-dealkylation sites (N-methyl/N-ethyl adjacent to an activating group) is 1. The van der Waals surface area contributed by atoms with E-state index in [1.807, 2.05) is 25.7 Å². The van der Waals surface area contributed by atoms with Crippen molar-refractivity contribution < 1.29 is 18.7 Å². The normalized spacial score (nSPS) is 22.2. The number of carbonyl (C=O) groups is 1. The summed E-state index contributed by atoms with van der Waals surface area (Å²) in [6.07, 6.45) is 1.03. The van der Waals surface area contributed by atoms with Gasteiger partial charge in [-0.15, -0.1) is 5.10 Å². The lowest BCUT2D eigenvalue weighted by molar-refractivity contribution is 0.0454. The Balaban J connectivity index is 1.67. The van der Waals surface area contributed by atoms with Crippen LogP contribution in [0.25, 0.3) is 5.82 Å². The van der Waals surface area contributed by atoms with Crippen LogP contribution in [-0.4, -0.2) is 93.0 Å². The molecule has 2 amide bonds. The summed E-state index contributed by atoms with van der Waals surface area (Å²) in [6, 6.07) is 0.236. The van der Waals surface area contributed by atoms with Crippen LogP contribution in [0, 0.1) is 5.82 Å². The van der Waals surface area contributed by atoms with E-state index in [4.69, 9.17) is 15.2 Å². The van der Waals surface area contributed by atoms with E-state index in [1.54, 1.807) is 12.0 Å². The first-order valence-electron chi connectivity index (χ1n) is 11.4. The first kappa shape index (κ1) is 24.1. The van der Waals surface area contributed by atoms with Crippen LogP contribution in [0.3, 0.4) is 0 Å². The molecule has 11 nitrogen and oxygen atoms in total. The molecular weight excluding hydrogens is 443 g/mol. The average Bonchev–Trinajstić information content (AvgIpc) is 3.26. The van der Waals surface area contributed by atoms with Gasteiger partial charge < -0.3 is 25.0 Å². The maximum absolute atomic E-state index is 14.9. The molecule has 0 aromatic carbocycles. The molecule has 0 saturated carbocycles. The number of ether oxygens (including phenoxy) is 2. The van der Waals surface area contributed by atoms with Gasteiger partial charge in [0.05, 0.1) is 30.6 Å². The molecule has 2 aliphatic heterocycles. The number of carbonyl (C=O) groups excluding carboxylic acids is 1. The maximum atomic E-state index is 14.9. The number of nitrogens with two attached hydrogens (primary N) is 1. The van der Waals surface area contributed by atoms with Crippen molar-refractivity contribution in [2.24, 2.45) is 0 Å². The summed E-state index contributed by atoms with van der Waals surface area (Å²) in [5.74, 6) is -0.524. The number of halogens is 1. The van der Waals surface area contributed by atoms with E-state index in [-0.39, 0.29) is 48.9 Å². The summed E-state index contributed by atoms with van der Waals surface area (Å²) in [5, 5.41) is 4.37. The Kier molecular flexibility index (Phi) is 6.38. The monoisotopic (exact) mass is 476 g/mol. The van der Waals surface area contributed by atoms with Crippen molar-refractivity contribution in [1.29, 1.82) is 0 Å². The second-order valence-electron chi connectivity index (χ2n) is 9.51. The van der Waals surface area contributed by atoms with Gasteiger partial charge in [0.25, 0.3) is 0 Å². The molecule has 0 unspecified atom stereocenters. The Morgan fingerprint density at radius 2 is 2.00 bits per heavy atom. The van der Waals surface area contributed by atoms with Crippen molar-refractivity contribution in [3.8, 4) is 11.8 Å². The molecule has 12 heteroatoms. The third-order valence-corrected chi connectivity index (χ3v) is 6.78. The van der Waals surface area contributed by atoms with Crippen LogP contribution in [0.2, 0.25) is 0 Å². The molecule has 2 atom stereocenters. The fourth-order valence-electron chi connectivity index (χ4n) is 4.69. The van der Waals surface area contributed by atoms with Gasteiger partial charge in [-0.2, -0.15) is 4.98 Å². The zero-order valence-electron chi connectivity index (χ0n) is 20.6. The Labute approximate surface area is 198 Å². The maximum Gasteiger partial charge on any atom is 0.321 e. The van der Waals surface area contributed by atoms with Crippen LogP contribution < -0.4 is 10.5 Å². The molecule has 2 N–H and O–H groups in total. The summed E-state index contributed by atoms with van der Waals surface area (Å²) >= 11 is 0. The van der Waals surface area contributed by atoms with Crippen molar-refractivity contribution in [3.05, 3.63) is 23.3 Å². The molecule has 34 heavy (non-hydrogen) atoms. The third-order valence-electron chi connectivity index (χ3n) is 6.78. The van der Waals surface area contributed by atoms with Crippen LogP contribution in [0.1, 0.15) is 39.0 Å². The number of aromatic nitrogens is 4. The number of urea groups is 1. The second kappa shape index (κ2) is 8.99. The SMILES string of the molecule is COCCOc1ncc(F)c(-n2nc(N)c3c2C(C)(C)N(C(=O)N2C[C@@H](C)N(C)C[C@@H]2C)C3)n1. The van der Waals surface area contributed by atoms with Crippen LogP contribution in [0.15, 0.2) is 6.20 Å². The molecule has 2 aromatic rings. The standard InChI is InChI=1S/C22H33FN8O3/c1-13-11-29(14(2)10-28(13)5)21(32)30-12-15-17(22(30,3)4)31(27-18(15)24)19-16(23)9-25-20(26-19)34-8-7-33-6/h9,13-14H,7-8,10-12H2,1-6H3,(H2,24,27)/t13-,14+/m1/s1. The summed E-state index contributed by atoms with van der Waals surface area (Å²) in [4.78, 5) is 27.7. The summed E-state index contributed by atoms with van der Waals surface area (Å²) in [6.45, 7) is 10.2. The molecular formula is C22H33FN8O3. The predicted octanol–water partition coefficient (Wildman–Crippen LogP) is 1.60. The largest absolute Gasteiger partial charge is 0.461 e. The lowest BCUT2D eigenvalue weighted by Gasteiger charge is -2.45. The van der Waals surface area contributed by atoms with Crippen LogP contribution in [0.5, 0.6) is 6.01 Å². The zero-order chi connectivity index (χ0) is 24.8. The number of nitrogen functional groups attached to an aromatic ring is 1. The number of methoxy groups -OCH3 is 1. The number of fused-ring (bicyclic) bond motifs is 1. The molecule has 1 saturated heterocycles. The highest BCUT2D eigenvalue weighted by Crippen LogP contribution is 2.43. The van der Waals surface area contributed by atoms with Crippen LogP contribution in [0.4, 0.5) is 15.0 Å². The summed E-state index contributed by atoms with van der Waals surface area (Å²) in [7, 11) is 3.62. The van der Waals surface area contributed by atoms with E-state index < -0.39 is 11.4 Å². The second-order valence-corrected chi connectivity index (χ2v) is 9.51. The van der Waals surface area contributed by atoms with Crippen molar-refractivity contribution >= 4 is 11.8 Å². The molecule has 0 radical (unpaired) electrons. The first-order valence-corrected chi connectivity index (χ1v) is 11.4. The minimum atomic E-state index is -0.808. The van der Waals surface area contributed by atoms with E-state index in [9.17, 15) is 9.18 Å². The van der Waals surface area contributed by atoms with Gasteiger partial charge >= 0.3 is 12.0 Å². The fourth-order valence-corrected chi connectivity index (χ4v) is 4.69. The van der Waals surface area contributed by atoms with E-state index in [1.165, 1.54) is 4.68 Å². The average molecular weight is 477 g/mol. The van der Waals surface area contributed by atoms with Gasteiger partial charge in [-0.1, -0.05) is 0 Å².